The number of amides is 3. The van der Waals surface area contributed by atoms with E-state index < -0.39 is 12.1 Å². The average molecular weight is 376 g/mol. The second-order valence-electron chi connectivity index (χ2n) is 5.14. The number of hydrogen-bond acceptors (Lipinski definition) is 2. The molecule has 0 heterocycles. The van der Waals surface area contributed by atoms with Crippen LogP contribution in [0.2, 0.25) is 0 Å². The molecule has 5 nitrogen and oxygen atoms in total. The Kier molecular flexibility index (Phi) is 5.76. The van der Waals surface area contributed by atoms with Gasteiger partial charge in [0.15, 0.2) is 0 Å². The molecule has 1 unspecified atom stereocenters. The second kappa shape index (κ2) is 7.78. The molecule has 3 N–H and O–H groups in total. The third-order valence-corrected chi connectivity index (χ3v) is 4.09. The molecule has 6 heteroatoms. The lowest BCUT2D eigenvalue weighted by atomic mass is 10.2. The van der Waals surface area contributed by atoms with Crippen molar-refractivity contribution in [3.8, 4) is 0 Å². The van der Waals surface area contributed by atoms with E-state index in [4.69, 9.17) is 0 Å². The summed E-state index contributed by atoms with van der Waals surface area (Å²) in [5.41, 5.74) is 2.37. The van der Waals surface area contributed by atoms with Crippen LogP contribution in [0.25, 0.3) is 0 Å². The molecule has 1 atom stereocenters. The molecular weight excluding hydrogens is 358 g/mol. The summed E-state index contributed by atoms with van der Waals surface area (Å²) >= 11 is 3.41. The highest BCUT2D eigenvalue weighted by molar-refractivity contribution is 9.10. The van der Waals surface area contributed by atoms with Crippen LogP contribution in [0.15, 0.2) is 53.0 Å². The van der Waals surface area contributed by atoms with Crippen molar-refractivity contribution in [1.82, 2.24) is 5.32 Å². The first kappa shape index (κ1) is 17.0. The fraction of sp³-hybridized carbons (Fsp3) is 0.176. The Balaban J connectivity index is 1.89. The average Bonchev–Trinajstić information content (AvgIpc) is 2.51. The summed E-state index contributed by atoms with van der Waals surface area (Å²) in [5, 5.41) is 8.05. The van der Waals surface area contributed by atoms with Gasteiger partial charge in [-0.25, -0.2) is 4.79 Å². The van der Waals surface area contributed by atoms with E-state index in [-0.39, 0.29) is 5.91 Å². The molecule has 0 spiro atoms. The number of nitrogens with one attached hydrogen (secondary N) is 3. The largest absolute Gasteiger partial charge is 0.326 e. The molecule has 120 valence electrons. The zero-order chi connectivity index (χ0) is 16.8. The van der Waals surface area contributed by atoms with Gasteiger partial charge < -0.3 is 16.0 Å². The molecule has 2 rings (SSSR count). The lowest BCUT2D eigenvalue weighted by Gasteiger charge is -2.15. The van der Waals surface area contributed by atoms with Crippen LogP contribution in [0.4, 0.5) is 16.2 Å². The molecule has 0 aliphatic carbocycles. The van der Waals surface area contributed by atoms with Crippen LogP contribution in [0.3, 0.4) is 0 Å². The maximum absolute atomic E-state index is 12.1. The predicted molar refractivity (Wildman–Crippen MR) is 95.6 cm³/mol. The maximum atomic E-state index is 12.1. The summed E-state index contributed by atoms with van der Waals surface area (Å²) in [6.45, 7) is 3.57. The minimum Gasteiger partial charge on any atom is -0.326 e. The van der Waals surface area contributed by atoms with E-state index in [1.54, 1.807) is 25.1 Å². The molecule has 0 aliphatic heterocycles. The molecule has 0 radical (unpaired) electrons. The summed E-state index contributed by atoms with van der Waals surface area (Å²) in [7, 11) is 0. The number of carbonyl (C=O) groups is 2. The molecule has 0 saturated carbocycles. The Morgan fingerprint density at radius 3 is 2.35 bits per heavy atom. The van der Waals surface area contributed by atoms with Gasteiger partial charge in [-0.2, -0.15) is 0 Å². The molecule has 2 aromatic carbocycles. The van der Waals surface area contributed by atoms with Gasteiger partial charge in [0.05, 0.1) is 0 Å². The number of anilines is 2. The molecule has 0 saturated heterocycles. The molecule has 0 bridgehead atoms. The lowest BCUT2D eigenvalue weighted by Crippen LogP contribution is -2.43. The fourth-order valence-corrected chi connectivity index (χ4v) is 2.17. The molecule has 3 amide bonds. The Hall–Kier alpha value is -2.34. The monoisotopic (exact) mass is 375 g/mol. The zero-order valence-electron chi connectivity index (χ0n) is 12.9. The highest BCUT2D eigenvalue weighted by Crippen LogP contribution is 2.20. The van der Waals surface area contributed by atoms with Crippen LogP contribution in [-0.2, 0) is 4.79 Å². The molecule has 0 fully saturated rings. The van der Waals surface area contributed by atoms with Crippen LogP contribution in [-0.4, -0.2) is 18.0 Å². The minimum atomic E-state index is -0.664. The normalized spacial score (nSPS) is 11.4. The minimum absolute atomic E-state index is 0.282. The zero-order valence-corrected chi connectivity index (χ0v) is 14.5. The van der Waals surface area contributed by atoms with Gasteiger partial charge in [0, 0.05) is 15.8 Å². The summed E-state index contributed by atoms with van der Waals surface area (Å²) < 4.78 is 0.976. The number of aryl methyl sites for hydroxylation is 1. The highest BCUT2D eigenvalue weighted by atomic mass is 79.9. The van der Waals surface area contributed by atoms with Crippen molar-refractivity contribution < 1.29 is 9.59 Å². The van der Waals surface area contributed by atoms with Crippen LogP contribution in [0.1, 0.15) is 12.5 Å². The van der Waals surface area contributed by atoms with Gasteiger partial charge in [-0.3, -0.25) is 4.79 Å². The van der Waals surface area contributed by atoms with Crippen LogP contribution in [0.5, 0.6) is 0 Å². The topological polar surface area (TPSA) is 70.2 Å². The van der Waals surface area contributed by atoms with Crippen molar-refractivity contribution in [2.24, 2.45) is 0 Å². The number of carbonyl (C=O) groups excluding carboxylic acids is 2. The Bertz CT molecular complexity index is 704. The first-order valence-corrected chi connectivity index (χ1v) is 7.94. The third kappa shape index (κ3) is 5.10. The quantitative estimate of drug-likeness (QED) is 0.757. The van der Waals surface area contributed by atoms with E-state index in [1.807, 2.05) is 37.3 Å². The van der Waals surface area contributed by atoms with E-state index in [2.05, 4.69) is 31.9 Å². The van der Waals surface area contributed by atoms with Crippen molar-refractivity contribution in [3.63, 3.8) is 0 Å². The first-order valence-electron chi connectivity index (χ1n) is 7.15. The summed E-state index contributed by atoms with van der Waals surface area (Å²) in [4.78, 5) is 24.0. The summed E-state index contributed by atoms with van der Waals surface area (Å²) in [6.07, 6.45) is 0. The second-order valence-corrected chi connectivity index (χ2v) is 5.99. The SMILES string of the molecule is Cc1cc(NC(=O)C(C)NC(=O)Nc2ccccc2)ccc1Br. The van der Waals surface area contributed by atoms with Crippen molar-refractivity contribution in [1.29, 1.82) is 0 Å². The van der Waals surface area contributed by atoms with Crippen LogP contribution in [0, 0.1) is 6.92 Å². The number of urea groups is 1. The molecule has 0 aromatic heterocycles. The Labute approximate surface area is 143 Å². The van der Waals surface area contributed by atoms with Gasteiger partial charge in [0.1, 0.15) is 6.04 Å². The van der Waals surface area contributed by atoms with Gasteiger partial charge in [0.2, 0.25) is 5.91 Å². The van der Waals surface area contributed by atoms with Gasteiger partial charge in [-0.1, -0.05) is 34.1 Å². The van der Waals surface area contributed by atoms with Gasteiger partial charge >= 0.3 is 6.03 Å². The van der Waals surface area contributed by atoms with Gasteiger partial charge in [-0.05, 0) is 49.7 Å². The number of benzene rings is 2. The Morgan fingerprint density at radius 2 is 1.70 bits per heavy atom. The van der Waals surface area contributed by atoms with E-state index in [9.17, 15) is 9.59 Å². The summed E-state index contributed by atoms with van der Waals surface area (Å²) in [5.74, 6) is -0.282. The number of rotatable bonds is 4. The smallest absolute Gasteiger partial charge is 0.319 e. The number of hydrogen-bond donors (Lipinski definition) is 3. The third-order valence-electron chi connectivity index (χ3n) is 3.20. The molecule has 23 heavy (non-hydrogen) atoms. The molecular formula is C17H18BrN3O2. The van der Waals surface area contributed by atoms with E-state index >= 15 is 0 Å². The standard InChI is InChI=1S/C17H18BrN3O2/c1-11-10-14(8-9-15(11)18)20-16(22)12(2)19-17(23)21-13-6-4-3-5-7-13/h3-10,12H,1-2H3,(H,20,22)(H2,19,21,23). The maximum Gasteiger partial charge on any atom is 0.319 e. The van der Waals surface area contributed by atoms with Crippen molar-refractivity contribution in [3.05, 3.63) is 58.6 Å². The Morgan fingerprint density at radius 1 is 1.00 bits per heavy atom. The summed E-state index contributed by atoms with van der Waals surface area (Å²) in [6, 6.07) is 13.5. The van der Waals surface area contributed by atoms with E-state index in [0.29, 0.717) is 11.4 Å². The van der Waals surface area contributed by atoms with E-state index in [0.717, 1.165) is 10.0 Å². The first-order chi connectivity index (χ1) is 11.0. The lowest BCUT2D eigenvalue weighted by molar-refractivity contribution is -0.117. The highest BCUT2D eigenvalue weighted by Gasteiger charge is 2.16. The van der Waals surface area contributed by atoms with Gasteiger partial charge in [-0.15, -0.1) is 0 Å². The van der Waals surface area contributed by atoms with Gasteiger partial charge in [0.25, 0.3) is 0 Å². The molecule has 2 aromatic rings. The van der Waals surface area contributed by atoms with Crippen molar-refractivity contribution in [2.45, 2.75) is 19.9 Å². The van der Waals surface area contributed by atoms with Crippen molar-refractivity contribution >= 4 is 39.2 Å². The number of para-hydroxylation sites is 1. The molecule has 0 aliphatic rings. The fourth-order valence-electron chi connectivity index (χ4n) is 1.92. The number of halogens is 1. The van der Waals surface area contributed by atoms with E-state index in [1.165, 1.54) is 0 Å². The van der Waals surface area contributed by atoms with Crippen LogP contribution >= 0.6 is 15.9 Å². The predicted octanol–water partition coefficient (Wildman–Crippen LogP) is 3.91. The van der Waals surface area contributed by atoms with Crippen LogP contribution < -0.4 is 16.0 Å². The van der Waals surface area contributed by atoms with Crippen molar-refractivity contribution in [2.75, 3.05) is 10.6 Å².